The first-order valence-corrected chi connectivity index (χ1v) is 5.59. The van der Waals surface area contributed by atoms with E-state index in [4.69, 9.17) is 5.11 Å². The number of nitrogens with zero attached hydrogens (tertiary/aromatic N) is 1. The van der Waals surface area contributed by atoms with Gasteiger partial charge in [-0.15, -0.1) is 11.3 Å². The van der Waals surface area contributed by atoms with Gasteiger partial charge in [-0.05, 0) is 19.4 Å². The third-order valence-electron chi connectivity index (χ3n) is 1.68. The number of hydrogen-bond donors (Lipinski definition) is 2. The van der Waals surface area contributed by atoms with Crippen molar-refractivity contribution in [3.8, 4) is 0 Å². The van der Waals surface area contributed by atoms with Gasteiger partial charge in [0.15, 0.2) is 0 Å². The van der Waals surface area contributed by atoms with Crippen molar-refractivity contribution in [2.75, 3.05) is 13.2 Å². The predicted molar refractivity (Wildman–Crippen MR) is 60.6 cm³/mol. The molecule has 1 amide bonds. The predicted octanol–water partition coefficient (Wildman–Crippen LogP) is 0.963. The van der Waals surface area contributed by atoms with Gasteiger partial charge in [0, 0.05) is 24.6 Å². The first-order valence-electron chi connectivity index (χ1n) is 4.71. The van der Waals surface area contributed by atoms with Gasteiger partial charge in [-0.3, -0.25) is 4.79 Å². The van der Waals surface area contributed by atoms with Crippen LogP contribution in [0, 0.1) is 6.92 Å². The van der Waals surface area contributed by atoms with Crippen molar-refractivity contribution in [2.24, 2.45) is 0 Å². The van der Waals surface area contributed by atoms with Gasteiger partial charge in [0.05, 0.1) is 10.7 Å². The van der Waals surface area contributed by atoms with Gasteiger partial charge >= 0.3 is 0 Å². The van der Waals surface area contributed by atoms with E-state index in [2.05, 4.69) is 10.3 Å². The zero-order valence-corrected chi connectivity index (χ0v) is 9.38. The van der Waals surface area contributed by atoms with E-state index in [0.717, 1.165) is 10.7 Å². The number of aliphatic hydroxyl groups excluding tert-OH is 1. The Morgan fingerprint density at radius 1 is 1.73 bits per heavy atom. The van der Waals surface area contributed by atoms with Gasteiger partial charge in [0.2, 0.25) is 5.91 Å². The van der Waals surface area contributed by atoms with E-state index in [1.54, 1.807) is 17.4 Å². The number of thiazole rings is 1. The minimum atomic E-state index is -0.158. The highest BCUT2D eigenvalue weighted by molar-refractivity contribution is 7.09. The molecule has 0 saturated carbocycles. The zero-order valence-electron chi connectivity index (χ0n) is 8.56. The minimum Gasteiger partial charge on any atom is -0.396 e. The molecule has 4 nitrogen and oxygen atoms in total. The molecule has 0 aliphatic heterocycles. The molecule has 1 aromatic rings. The number of rotatable bonds is 5. The summed E-state index contributed by atoms with van der Waals surface area (Å²) in [7, 11) is 0. The average Bonchev–Trinajstić information content (AvgIpc) is 2.62. The summed E-state index contributed by atoms with van der Waals surface area (Å²) in [6.45, 7) is 2.51. The Morgan fingerprint density at radius 3 is 3.13 bits per heavy atom. The molecule has 1 heterocycles. The number of amides is 1. The molecule has 0 atom stereocenters. The van der Waals surface area contributed by atoms with Crippen LogP contribution in [-0.2, 0) is 4.79 Å². The molecular weight excluding hydrogens is 212 g/mol. The summed E-state index contributed by atoms with van der Waals surface area (Å²) in [5, 5.41) is 14.0. The molecule has 0 saturated heterocycles. The van der Waals surface area contributed by atoms with Crippen LogP contribution in [0.25, 0.3) is 6.08 Å². The topological polar surface area (TPSA) is 62.2 Å². The number of carbonyl (C=O) groups excluding carboxylic acids is 1. The normalized spacial score (nSPS) is 10.8. The van der Waals surface area contributed by atoms with Crippen molar-refractivity contribution in [3.05, 3.63) is 22.2 Å². The second kappa shape index (κ2) is 6.31. The first kappa shape index (κ1) is 11.9. The average molecular weight is 226 g/mol. The van der Waals surface area contributed by atoms with Crippen LogP contribution >= 0.6 is 11.3 Å². The van der Waals surface area contributed by atoms with Gasteiger partial charge in [0.1, 0.15) is 0 Å². The van der Waals surface area contributed by atoms with Crippen LogP contribution in [0.2, 0.25) is 0 Å². The highest BCUT2D eigenvalue weighted by atomic mass is 32.1. The quantitative estimate of drug-likeness (QED) is 0.581. The van der Waals surface area contributed by atoms with Gasteiger partial charge in [-0.25, -0.2) is 4.98 Å². The van der Waals surface area contributed by atoms with E-state index in [9.17, 15) is 4.79 Å². The molecule has 2 N–H and O–H groups in total. The third-order valence-corrected chi connectivity index (χ3v) is 2.47. The highest BCUT2D eigenvalue weighted by Gasteiger charge is 1.96. The van der Waals surface area contributed by atoms with Gasteiger partial charge in [-0.2, -0.15) is 0 Å². The van der Waals surface area contributed by atoms with Gasteiger partial charge < -0.3 is 10.4 Å². The molecule has 0 aromatic carbocycles. The summed E-state index contributed by atoms with van der Waals surface area (Å²) in [6, 6.07) is 0. The largest absolute Gasteiger partial charge is 0.396 e. The van der Waals surface area contributed by atoms with Gasteiger partial charge in [0.25, 0.3) is 0 Å². The van der Waals surface area contributed by atoms with Crippen molar-refractivity contribution in [2.45, 2.75) is 13.3 Å². The van der Waals surface area contributed by atoms with Crippen molar-refractivity contribution in [1.29, 1.82) is 0 Å². The van der Waals surface area contributed by atoms with Gasteiger partial charge in [-0.1, -0.05) is 0 Å². The van der Waals surface area contributed by atoms with Crippen LogP contribution in [0.15, 0.2) is 11.5 Å². The summed E-state index contributed by atoms with van der Waals surface area (Å²) in [4.78, 5) is 15.4. The molecule has 15 heavy (non-hydrogen) atoms. The number of aryl methyl sites for hydroxylation is 1. The van der Waals surface area contributed by atoms with Crippen molar-refractivity contribution in [1.82, 2.24) is 10.3 Å². The molecule has 0 aliphatic rings. The molecule has 0 bridgehead atoms. The number of hydrogen-bond acceptors (Lipinski definition) is 4. The maximum absolute atomic E-state index is 11.2. The SMILES string of the molecule is Cc1nc(/C=C/C(=O)NCCCO)cs1. The van der Waals surface area contributed by atoms with Crippen LogP contribution in [0.4, 0.5) is 0 Å². The summed E-state index contributed by atoms with van der Waals surface area (Å²) in [6.07, 6.45) is 3.71. The Bertz CT molecular complexity index is 347. The lowest BCUT2D eigenvalue weighted by Gasteiger charge is -1.98. The Hall–Kier alpha value is -1.20. The smallest absolute Gasteiger partial charge is 0.244 e. The summed E-state index contributed by atoms with van der Waals surface area (Å²) in [5.74, 6) is -0.158. The lowest BCUT2D eigenvalue weighted by Crippen LogP contribution is -2.22. The number of carbonyl (C=O) groups is 1. The fraction of sp³-hybridized carbons (Fsp3) is 0.400. The van der Waals surface area contributed by atoms with E-state index in [0.29, 0.717) is 13.0 Å². The summed E-state index contributed by atoms with van der Waals surface area (Å²) < 4.78 is 0. The molecule has 1 rings (SSSR count). The maximum atomic E-state index is 11.2. The lowest BCUT2D eigenvalue weighted by molar-refractivity contribution is -0.116. The van der Waals surface area contributed by atoms with Crippen LogP contribution in [0.3, 0.4) is 0 Å². The molecule has 82 valence electrons. The summed E-state index contributed by atoms with van der Waals surface area (Å²) in [5.41, 5.74) is 0.801. The lowest BCUT2D eigenvalue weighted by atomic mass is 10.4. The molecule has 5 heteroatoms. The number of aromatic nitrogens is 1. The molecule has 0 radical (unpaired) electrons. The van der Waals surface area contributed by atoms with Crippen LogP contribution < -0.4 is 5.32 Å². The van der Waals surface area contributed by atoms with E-state index < -0.39 is 0 Å². The molecular formula is C10H14N2O2S. The molecule has 0 unspecified atom stereocenters. The highest BCUT2D eigenvalue weighted by Crippen LogP contribution is 2.08. The monoisotopic (exact) mass is 226 g/mol. The van der Waals surface area contributed by atoms with Crippen molar-refractivity contribution in [3.63, 3.8) is 0 Å². The minimum absolute atomic E-state index is 0.0925. The van der Waals surface area contributed by atoms with E-state index in [1.165, 1.54) is 6.08 Å². The van der Waals surface area contributed by atoms with Crippen LogP contribution in [0.1, 0.15) is 17.1 Å². The Labute approximate surface area is 92.7 Å². The fourth-order valence-electron chi connectivity index (χ4n) is 0.967. The van der Waals surface area contributed by atoms with E-state index in [-0.39, 0.29) is 12.5 Å². The second-order valence-electron chi connectivity index (χ2n) is 2.99. The maximum Gasteiger partial charge on any atom is 0.244 e. The number of aliphatic hydroxyl groups is 1. The molecule has 0 fully saturated rings. The zero-order chi connectivity index (χ0) is 11.1. The molecule has 0 aliphatic carbocycles. The molecule has 1 aromatic heterocycles. The fourth-order valence-corrected chi connectivity index (χ4v) is 1.55. The standard InChI is InChI=1S/C10H14N2O2S/c1-8-12-9(7-15-8)3-4-10(14)11-5-2-6-13/h3-4,7,13H,2,5-6H2,1H3,(H,11,14)/b4-3+. The Morgan fingerprint density at radius 2 is 2.53 bits per heavy atom. The van der Waals surface area contributed by atoms with Crippen LogP contribution in [0.5, 0.6) is 0 Å². The van der Waals surface area contributed by atoms with Crippen molar-refractivity contribution >= 4 is 23.3 Å². The first-order chi connectivity index (χ1) is 7.22. The van der Waals surface area contributed by atoms with Crippen LogP contribution in [-0.4, -0.2) is 29.1 Å². The van der Waals surface area contributed by atoms with Crippen molar-refractivity contribution < 1.29 is 9.90 Å². The van der Waals surface area contributed by atoms with E-state index >= 15 is 0 Å². The summed E-state index contributed by atoms with van der Waals surface area (Å²) >= 11 is 1.55. The second-order valence-corrected chi connectivity index (χ2v) is 4.06. The van der Waals surface area contributed by atoms with E-state index in [1.807, 2.05) is 12.3 Å². The number of nitrogens with one attached hydrogen (secondary N) is 1. The Balaban J connectivity index is 2.34. The Kier molecular flexibility index (Phi) is 5.00. The third kappa shape index (κ3) is 4.71. The molecule has 0 spiro atoms.